The Kier molecular flexibility index (Phi) is 14.1. The number of halogens is 4. The van der Waals surface area contributed by atoms with E-state index in [4.69, 9.17) is 18.9 Å². The Labute approximate surface area is 340 Å². The van der Waals surface area contributed by atoms with Crippen molar-refractivity contribution in [3.8, 4) is 17.2 Å². The number of aliphatic hydroxyl groups is 2. The zero-order valence-electron chi connectivity index (χ0n) is 34.1. The number of hydrogen-bond acceptors (Lipinski definition) is 7. The quantitative estimate of drug-likeness (QED) is 0.0901. The molecule has 12 heteroatoms. The highest BCUT2D eigenvalue weighted by atomic mass is 19.1. The Morgan fingerprint density at radius 2 is 1.67 bits per heavy atom. The van der Waals surface area contributed by atoms with E-state index in [1.54, 1.807) is 44.6 Å². The van der Waals surface area contributed by atoms with E-state index < -0.39 is 45.2 Å². The molecule has 2 bridgehead atoms. The number of likely N-dealkylation sites (tertiary alicyclic amines) is 1. The van der Waals surface area contributed by atoms with Crippen molar-refractivity contribution < 1.29 is 46.7 Å². The fraction of sp³-hybridized carbons (Fsp3) is 0.522. The fourth-order valence-electron chi connectivity index (χ4n) is 9.42. The van der Waals surface area contributed by atoms with Gasteiger partial charge in [0.05, 0.1) is 6.54 Å². The summed E-state index contributed by atoms with van der Waals surface area (Å²) in [5.74, 6) is -2.26. The zero-order valence-corrected chi connectivity index (χ0v) is 34.1. The normalized spacial score (nSPS) is 29.2. The molecule has 0 aromatic heterocycles. The molecule has 2 aliphatic heterocycles. The van der Waals surface area contributed by atoms with Crippen molar-refractivity contribution in [2.24, 2.45) is 11.8 Å². The molecule has 8 nitrogen and oxygen atoms in total. The number of ether oxygens (including phenoxy) is 4. The molecule has 3 N–H and O–H groups in total. The van der Waals surface area contributed by atoms with E-state index in [-0.39, 0.29) is 49.2 Å². The van der Waals surface area contributed by atoms with Gasteiger partial charge in [-0.15, -0.1) is 0 Å². The molecule has 3 fully saturated rings. The number of piperidine rings is 2. The van der Waals surface area contributed by atoms with Crippen molar-refractivity contribution in [1.29, 1.82) is 0 Å². The fourth-order valence-corrected chi connectivity index (χ4v) is 9.42. The van der Waals surface area contributed by atoms with Gasteiger partial charge in [0, 0.05) is 58.1 Å². The highest BCUT2D eigenvalue weighted by Gasteiger charge is 2.70. The third kappa shape index (κ3) is 8.88. The van der Waals surface area contributed by atoms with Crippen LogP contribution in [0.15, 0.2) is 90.2 Å². The van der Waals surface area contributed by atoms with E-state index in [1.165, 1.54) is 36.4 Å². The van der Waals surface area contributed by atoms with E-state index in [0.717, 1.165) is 57.3 Å². The van der Waals surface area contributed by atoms with E-state index in [2.05, 4.69) is 12.2 Å². The van der Waals surface area contributed by atoms with E-state index in [9.17, 15) is 14.6 Å². The van der Waals surface area contributed by atoms with Crippen LogP contribution in [0.3, 0.4) is 0 Å². The third-order valence-corrected chi connectivity index (χ3v) is 12.7. The van der Waals surface area contributed by atoms with Gasteiger partial charge in [0.1, 0.15) is 41.5 Å². The molecule has 2 aliphatic carbocycles. The van der Waals surface area contributed by atoms with Crippen molar-refractivity contribution in [2.45, 2.75) is 101 Å². The van der Waals surface area contributed by atoms with Crippen LogP contribution in [0.25, 0.3) is 0 Å². The molecule has 3 aromatic carbocycles. The highest BCUT2D eigenvalue weighted by molar-refractivity contribution is 5.61. The van der Waals surface area contributed by atoms with E-state index >= 15 is 13.2 Å². The smallest absolute Gasteiger partial charge is 0.245 e. The maximum absolute atomic E-state index is 17.7. The molecule has 58 heavy (non-hydrogen) atoms. The third-order valence-electron chi connectivity index (χ3n) is 12.7. The number of nitrogens with one attached hydrogen (secondary N) is 1. The lowest BCUT2D eigenvalue weighted by Gasteiger charge is -2.60. The monoisotopic (exact) mass is 811 g/mol. The molecule has 0 amide bonds. The van der Waals surface area contributed by atoms with Crippen LogP contribution in [0.5, 0.6) is 17.2 Å². The number of rotatable bonds is 13. The van der Waals surface area contributed by atoms with Gasteiger partial charge in [0.2, 0.25) is 17.1 Å². The van der Waals surface area contributed by atoms with Crippen molar-refractivity contribution >= 4 is 5.69 Å². The van der Waals surface area contributed by atoms with Gasteiger partial charge in [0.15, 0.2) is 17.3 Å². The first-order valence-electron chi connectivity index (χ1n) is 20.7. The topological polar surface area (TPSA) is 89.4 Å². The van der Waals surface area contributed by atoms with Crippen LogP contribution in [-0.4, -0.2) is 73.9 Å². The molecule has 4 aliphatic rings. The average molecular weight is 812 g/mol. The Bertz CT molecular complexity index is 1890. The number of quaternary nitrogens is 1. The van der Waals surface area contributed by atoms with Crippen LogP contribution in [0.4, 0.5) is 23.2 Å². The lowest BCUT2D eigenvalue weighted by atomic mass is 9.65. The van der Waals surface area contributed by atoms with Crippen molar-refractivity contribution in [3.05, 3.63) is 108 Å². The number of nitrogens with zero attached hydrogens (tertiary/aromatic N) is 1. The van der Waals surface area contributed by atoms with Crippen LogP contribution in [0, 0.1) is 29.3 Å². The lowest BCUT2D eigenvalue weighted by Crippen LogP contribution is -2.78. The molecule has 3 aromatic rings. The molecule has 2 heterocycles. The minimum absolute atomic E-state index is 0.0247. The van der Waals surface area contributed by atoms with Gasteiger partial charge in [-0.1, -0.05) is 38.5 Å². The predicted octanol–water partition coefficient (Wildman–Crippen LogP) is 9.64. The summed E-state index contributed by atoms with van der Waals surface area (Å²) < 4.78 is 84.7. The molecule has 316 valence electrons. The van der Waals surface area contributed by atoms with Crippen LogP contribution < -0.4 is 19.3 Å². The van der Waals surface area contributed by atoms with Crippen LogP contribution in [0.1, 0.15) is 78.1 Å². The standard InChI is InChI=1S/C35H36F4NO4.C11H23NO2/c1-3-23-20-35(41,34(39)16-15-32(29(23)21-34)43-27-13-11-24(36)12-14-27)40(17-7-10-28(22-40)42-2)31-19-25(37)18-30(38)33(31)44-26-8-5-4-6-9-26;1-3-4-7-11(13,14-2)10-6-5-8-12-9-10/h4-6,8-9,11-16,18-19,23,28,41H,3,7,10,17,20-22H2,1-2H3;10,12-13H,3-9H2,1-2H3/q+1;/t23?,28?,34?,35?,40-;10-,11+/m11/s1. The van der Waals surface area contributed by atoms with Crippen LogP contribution in [-0.2, 0) is 9.47 Å². The van der Waals surface area contributed by atoms with Crippen molar-refractivity contribution in [1.82, 2.24) is 9.80 Å². The number of benzene rings is 3. The number of para-hydroxylation sites is 1. The summed E-state index contributed by atoms with van der Waals surface area (Å²) in [7, 11) is 3.16. The number of hydrogen-bond donors (Lipinski definition) is 3. The van der Waals surface area contributed by atoms with E-state index in [1.807, 2.05) is 6.92 Å². The second-order valence-electron chi connectivity index (χ2n) is 16.2. The minimum atomic E-state index is -2.33. The van der Waals surface area contributed by atoms with Gasteiger partial charge in [0.25, 0.3) is 0 Å². The van der Waals surface area contributed by atoms with Crippen molar-refractivity contribution in [2.75, 3.05) is 40.4 Å². The molecule has 4 unspecified atom stereocenters. The molecular weight excluding hydrogens is 753 g/mol. The highest BCUT2D eigenvalue weighted by Crippen LogP contribution is 2.58. The first-order valence-corrected chi connectivity index (χ1v) is 20.7. The number of unbranched alkanes of at least 4 members (excludes halogenated alkanes) is 1. The maximum atomic E-state index is 17.7. The predicted molar refractivity (Wildman–Crippen MR) is 217 cm³/mol. The van der Waals surface area contributed by atoms with E-state index in [0.29, 0.717) is 42.1 Å². The minimum Gasteiger partial charge on any atom is -0.457 e. The number of methoxy groups -OCH3 is 2. The molecular formula is C46H59F4N2O6+. The lowest BCUT2D eigenvalue weighted by molar-refractivity contribution is -0.228. The second-order valence-corrected chi connectivity index (χ2v) is 16.2. The van der Waals surface area contributed by atoms with Gasteiger partial charge >= 0.3 is 0 Å². The summed E-state index contributed by atoms with van der Waals surface area (Å²) in [5.41, 5.74) is -3.76. The Balaban J connectivity index is 0.000000344. The summed E-state index contributed by atoms with van der Waals surface area (Å²) in [4.78, 5) is 0. The Hall–Kier alpha value is -3.78. The molecule has 0 spiro atoms. The molecule has 1 saturated carbocycles. The number of alkyl halides is 1. The van der Waals surface area contributed by atoms with Gasteiger partial charge in [-0.2, -0.15) is 0 Å². The summed E-state index contributed by atoms with van der Waals surface area (Å²) in [6.45, 7) is 6.32. The second kappa shape index (κ2) is 18.6. The number of allylic oxidation sites excluding steroid dienone is 2. The SMILES string of the molecule is CCC1CC(O)([N@+]2(c3cc(F)cc(F)c3Oc3ccccc3)CCCC(OC)C2)C2(F)C=CC(Oc3ccc(F)cc3)=C1C2.CCCC[C@](O)(OC)[C@@H]1CCCNC1. The largest absolute Gasteiger partial charge is 0.457 e. The molecule has 7 atom stereocenters. The van der Waals surface area contributed by atoms with Crippen LogP contribution >= 0.6 is 0 Å². The maximum Gasteiger partial charge on any atom is 0.245 e. The summed E-state index contributed by atoms with van der Waals surface area (Å²) >= 11 is 0. The molecule has 2 saturated heterocycles. The number of fused-ring (bicyclic) bond motifs is 2. The first kappa shape index (κ1) is 43.8. The Morgan fingerprint density at radius 1 is 0.931 bits per heavy atom. The molecule has 7 rings (SSSR count). The summed E-state index contributed by atoms with van der Waals surface area (Å²) in [5, 5.41) is 26.6. The van der Waals surface area contributed by atoms with Crippen LogP contribution in [0.2, 0.25) is 0 Å². The van der Waals surface area contributed by atoms with Gasteiger partial charge in [-0.05, 0) is 105 Å². The molecule has 0 radical (unpaired) electrons. The first-order chi connectivity index (χ1) is 27.8. The zero-order chi connectivity index (χ0) is 41.6. The Morgan fingerprint density at radius 3 is 2.33 bits per heavy atom. The van der Waals surface area contributed by atoms with Crippen molar-refractivity contribution in [3.63, 3.8) is 0 Å². The van der Waals surface area contributed by atoms with Gasteiger partial charge in [-0.25, -0.2) is 17.6 Å². The summed E-state index contributed by atoms with van der Waals surface area (Å²) in [6, 6.07) is 16.0. The average Bonchev–Trinajstić information content (AvgIpc) is 3.24. The van der Waals surface area contributed by atoms with Gasteiger partial charge in [-0.3, -0.25) is 4.48 Å². The van der Waals surface area contributed by atoms with Gasteiger partial charge < -0.3 is 34.5 Å². The summed E-state index contributed by atoms with van der Waals surface area (Å²) in [6.07, 6.45) is 8.98.